The molecule has 0 radical (unpaired) electrons. The van der Waals surface area contributed by atoms with Crippen LogP contribution in [0.25, 0.3) is 0 Å². The zero-order chi connectivity index (χ0) is 13.0. The number of amides is 1. The molecule has 100 valence electrons. The van der Waals surface area contributed by atoms with Gasteiger partial charge in [0.1, 0.15) is 0 Å². The Bertz CT molecular complexity index is 258. The third-order valence-electron chi connectivity index (χ3n) is 3.64. The summed E-state index contributed by atoms with van der Waals surface area (Å²) in [4.78, 5) is 14.1. The molecule has 2 N–H and O–H groups in total. The van der Waals surface area contributed by atoms with E-state index in [4.69, 9.17) is 10.5 Å². The second-order valence-electron chi connectivity index (χ2n) is 5.13. The number of morpholine rings is 1. The van der Waals surface area contributed by atoms with Crippen LogP contribution in [0.4, 0.5) is 0 Å². The first-order valence-electron chi connectivity index (χ1n) is 6.69. The Hall–Kier alpha value is -0.610. The van der Waals surface area contributed by atoms with Crippen molar-refractivity contribution in [1.82, 2.24) is 4.90 Å². The van der Waals surface area contributed by atoms with Gasteiger partial charge in [0.25, 0.3) is 0 Å². The smallest absolute Gasteiger partial charge is 0.239 e. The second kappa shape index (κ2) is 6.36. The monoisotopic (exact) mass is 242 g/mol. The van der Waals surface area contributed by atoms with Gasteiger partial charge in [0.05, 0.1) is 18.2 Å². The lowest BCUT2D eigenvalue weighted by Crippen LogP contribution is -2.55. The Morgan fingerprint density at radius 1 is 1.47 bits per heavy atom. The van der Waals surface area contributed by atoms with Crippen molar-refractivity contribution < 1.29 is 9.53 Å². The van der Waals surface area contributed by atoms with E-state index in [0.29, 0.717) is 13.1 Å². The highest BCUT2D eigenvalue weighted by molar-refractivity contribution is 5.82. The van der Waals surface area contributed by atoms with Crippen molar-refractivity contribution in [2.75, 3.05) is 13.1 Å². The fraction of sp³-hybridized carbons (Fsp3) is 0.923. The molecule has 1 rings (SSSR count). The number of hydrogen-bond acceptors (Lipinski definition) is 3. The normalized spacial score (nSPS) is 28.9. The molecule has 17 heavy (non-hydrogen) atoms. The topological polar surface area (TPSA) is 55.6 Å². The van der Waals surface area contributed by atoms with Gasteiger partial charge in [-0.1, -0.05) is 27.2 Å². The third kappa shape index (κ3) is 3.68. The van der Waals surface area contributed by atoms with Crippen molar-refractivity contribution >= 4 is 5.91 Å². The molecule has 0 bridgehead atoms. The maximum Gasteiger partial charge on any atom is 0.239 e. The van der Waals surface area contributed by atoms with Gasteiger partial charge in [-0.25, -0.2) is 0 Å². The van der Waals surface area contributed by atoms with Crippen molar-refractivity contribution in [3.8, 4) is 0 Å². The largest absolute Gasteiger partial charge is 0.372 e. The molecular formula is C13H26N2O2. The van der Waals surface area contributed by atoms with E-state index in [1.165, 1.54) is 0 Å². The number of carbonyl (C=O) groups is 1. The van der Waals surface area contributed by atoms with Crippen molar-refractivity contribution in [1.29, 1.82) is 0 Å². The molecule has 1 heterocycles. The minimum Gasteiger partial charge on any atom is -0.372 e. The third-order valence-corrected chi connectivity index (χ3v) is 3.64. The van der Waals surface area contributed by atoms with E-state index in [1.54, 1.807) is 0 Å². The second-order valence-corrected chi connectivity index (χ2v) is 5.13. The zero-order valence-electron chi connectivity index (χ0n) is 11.5. The molecular weight excluding hydrogens is 216 g/mol. The standard InChI is InChI=1S/C13H26N2O2/c1-5-9(3)12(14)13(16)15-7-10(4)17-11(6-2)8-15/h9-12H,5-8,14H2,1-4H3. The molecule has 1 aliphatic rings. The van der Waals surface area contributed by atoms with Crippen LogP contribution >= 0.6 is 0 Å². The number of nitrogens with zero attached hydrogens (tertiary/aromatic N) is 1. The summed E-state index contributed by atoms with van der Waals surface area (Å²) in [6, 6.07) is -0.372. The lowest BCUT2D eigenvalue weighted by Gasteiger charge is -2.38. The molecule has 4 heteroatoms. The number of hydrogen-bond donors (Lipinski definition) is 1. The predicted octanol–water partition coefficient (Wildman–Crippen LogP) is 1.39. The van der Waals surface area contributed by atoms with Crippen molar-refractivity contribution in [3.63, 3.8) is 0 Å². The summed E-state index contributed by atoms with van der Waals surface area (Å²) < 4.78 is 5.75. The highest BCUT2D eigenvalue weighted by Crippen LogP contribution is 2.16. The van der Waals surface area contributed by atoms with E-state index < -0.39 is 0 Å². The summed E-state index contributed by atoms with van der Waals surface area (Å²) in [5.41, 5.74) is 6.00. The van der Waals surface area contributed by atoms with Crippen LogP contribution in [0.5, 0.6) is 0 Å². The van der Waals surface area contributed by atoms with Crippen LogP contribution in [0, 0.1) is 5.92 Å². The van der Waals surface area contributed by atoms with Gasteiger partial charge in [-0.3, -0.25) is 4.79 Å². The molecule has 1 aliphatic heterocycles. The van der Waals surface area contributed by atoms with Crippen molar-refractivity contribution in [3.05, 3.63) is 0 Å². The van der Waals surface area contributed by atoms with E-state index >= 15 is 0 Å². The molecule has 1 amide bonds. The molecule has 0 aliphatic carbocycles. The average molecular weight is 242 g/mol. The van der Waals surface area contributed by atoms with Crippen LogP contribution in [-0.4, -0.2) is 42.1 Å². The minimum atomic E-state index is -0.372. The SMILES string of the molecule is CCC1CN(C(=O)C(N)C(C)CC)CC(C)O1. The first-order valence-corrected chi connectivity index (χ1v) is 6.69. The van der Waals surface area contributed by atoms with Crippen molar-refractivity contribution in [2.24, 2.45) is 11.7 Å². The van der Waals surface area contributed by atoms with E-state index in [1.807, 2.05) is 18.7 Å². The average Bonchev–Trinajstić information content (AvgIpc) is 2.35. The molecule has 4 nitrogen and oxygen atoms in total. The number of rotatable bonds is 4. The highest BCUT2D eigenvalue weighted by Gasteiger charge is 2.31. The summed E-state index contributed by atoms with van der Waals surface area (Å²) in [5.74, 6) is 0.314. The predicted molar refractivity (Wildman–Crippen MR) is 68.6 cm³/mol. The first kappa shape index (κ1) is 14.5. The minimum absolute atomic E-state index is 0.0768. The Morgan fingerprint density at radius 3 is 2.65 bits per heavy atom. The van der Waals surface area contributed by atoms with Crippen LogP contribution in [0.3, 0.4) is 0 Å². The van der Waals surface area contributed by atoms with Gasteiger partial charge >= 0.3 is 0 Å². The van der Waals surface area contributed by atoms with Gasteiger partial charge in [-0.2, -0.15) is 0 Å². The summed E-state index contributed by atoms with van der Waals surface area (Å²) in [6.07, 6.45) is 2.14. The Kier molecular flexibility index (Phi) is 5.40. The molecule has 0 spiro atoms. The molecule has 4 atom stereocenters. The lowest BCUT2D eigenvalue weighted by molar-refractivity contribution is -0.147. The summed E-state index contributed by atoms with van der Waals surface area (Å²) in [7, 11) is 0. The lowest BCUT2D eigenvalue weighted by atomic mass is 9.98. The molecule has 0 aromatic heterocycles. The van der Waals surface area contributed by atoms with E-state index in [2.05, 4.69) is 13.8 Å². The van der Waals surface area contributed by atoms with Crippen LogP contribution in [0.2, 0.25) is 0 Å². The quantitative estimate of drug-likeness (QED) is 0.810. The fourth-order valence-electron chi connectivity index (χ4n) is 2.16. The van der Waals surface area contributed by atoms with Crippen molar-refractivity contribution in [2.45, 2.75) is 58.8 Å². The molecule has 4 unspecified atom stereocenters. The Labute approximate surface area is 104 Å². The molecule has 1 fully saturated rings. The van der Waals surface area contributed by atoms with Crippen LogP contribution in [0.15, 0.2) is 0 Å². The maximum atomic E-state index is 12.3. The van der Waals surface area contributed by atoms with Gasteiger partial charge in [-0.05, 0) is 19.3 Å². The van der Waals surface area contributed by atoms with Crippen LogP contribution in [-0.2, 0) is 9.53 Å². The number of carbonyl (C=O) groups excluding carboxylic acids is 1. The summed E-state index contributed by atoms with van der Waals surface area (Å²) in [6.45, 7) is 9.54. The fourth-order valence-corrected chi connectivity index (χ4v) is 2.16. The Morgan fingerprint density at radius 2 is 2.12 bits per heavy atom. The van der Waals surface area contributed by atoms with E-state index in [-0.39, 0.29) is 30.1 Å². The maximum absolute atomic E-state index is 12.3. The van der Waals surface area contributed by atoms with Gasteiger partial charge in [0.15, 0.2) is 0 Å². The Balaban J connectivity index is 2.61. The molecule has 0 aromatic rings. The highest BCUT2D eigenvalue weighted by atomic mass is 16.5. The van der Waals surface area contributed by atoms with E-state index in [0.717, 1.165) is 12.8 Å². The van der Waals surface area contributed by atoms with Crippen LogP contribution < -0.4 is 5.73 Å². The molecule has 0 saturated carbocycles. The molecule has 0 aromatic carbocycles. The first-order chi connectivity index (χ1) is 7.99. The van der Waals surface area contributed by atoms with Gasteiger partial charge < -0.3 is 15.4 Å². The summed E-state index contributed by atoms with van der Waals surface area (Å²) >= 11 is 0. The molecule has 1 saturated heterocycles. The van der Waals surface area contributed by atoms with Crippen LogP contribution in [0.1, 0.15) is 40.5 Å². The zero-order valence-corrected chi connectivity index (χ0v) is 11.5. The van der Waals surface area contributed by atoms with E-state index in [9.17, 15) is 4.79 Å². The summed E-state index contributed by atoms with van der Waals surface area (Å²) in [5, 5.41) is 0. The number of ether oxygens (including phenoxy) is 1. The number of nitrogens with two attached hydrogens (primary N) is 1. The van der Waals surface area contributed by atoms with Gasteiger partial charge in [0.2, 0.25) is 5.91 Å². The van der Waals surface area contributed by atoms with Gasteiger partial charge in [-0.15, -0.1) is 0 Å². The van der Waals surface area contributed by atoms with Gasteiger partial charge in [0, 0.05) is 13.1 Å².